The Labute approximate surface area is 140 Å². The second-order valence-corrected chi connectivity index (χ2v) is 6.10. The van der Waals surface area contributed by atoms with Crippen LogP contribution in [-0.2, 0) is 10.5 Å². The minimum absolute atomic E-state index is 0.100. The summed E-state index contributed by atoms with van der Waals surface area (Å²) in [4.78, 5) is 12.0. The molecule has 0 aromatic heterocycles. The first-order chi connectivity index (χ1) is 11.1. The Morgan fingerprint density at radius 3 is 2.61 bits per heavy atom. The van der Waals surface area contributed by atoms with E-state index in [4.69, 9.17) is 5.26 Å². The van der Waals surface area contributed by atoms with E-state index in [0.29, 0.717) is 28.3 Å². The molecule has 2 aromatic carbocycles. The number of nitriles is 1. The first kappa shape index (κ1) is 17.1. The number of nitrogens with zero attached hydrogens (tertiary/aromatic N) is 1. The number of para-hydroxylation sites is 1. The molecule has 0 aliphatic carbocycles. The van der Waals surface area contributed by atoms with Crippen molar-refractivity contribution in [3.63, 3.8) is 0 Å². The largest absolute Gasteiger partial charge is 0.389 e. The van der Waals surface area contributed by atoms with Gasteiger partial charge in [0.1, 0.15) is 0 Å². The van der Waals surface area contributed by atoms with E-state index < -0.39 is 6.10 Å². The van der Waals surface area contributed by atoms with E-state index in [1.165, 1.54) is 11.8 Å². The minimum Gasteiger partial charge on any atom is -0.389 e. The van der Waals surface area contributed by atoms with Crippen molar-refractivity contribution in [1.29, 1.82) is 5.26 Å². The molecule has 2 aromatic rings. The highest BCUT2D eigenvalue weighted by Gasteiger charge is 2.10. The van der Waals surface area contributed by atoms with Crippen LogP contribution in [0.4, 0.5) is 5.69 Å². The van der Waals surface area contributed by atoms with Gasteiger partial charge in [-0.3, -0.25) is 4.79 Å². The van der Waals surface area contributed by atoms with Crippen molar-refractivity contribution in [2.45, 2.75) is 18.8 Å². The number of benzene rings is 2. The van der Waals surface area contributed by atoms with Gasteiger partial charge in [-0.1, -0.05) is 30.3 Å². The highest BCUT2D eigenvalue weighted by molar-refractivity contribution is 7.99. The number of hydrogen-bond acceptors (Lipinski definition) is 4. The molecule has 0 aliphatic rings. The number of aliphatic hydroxyl groups is 1. The lowest BCUT2D eigenvalue weighted by molar-refractivity contribution is -0.113. The molecule has 2 N–H and O–H groups in total. The highest BCUT2D eigenvalue weighted by Crippen LogP contribution is 2.22. The van der Waals surface area contributed by atoms with E-state index in [-0.39, 0.29) is 5.91 Å². The lowest BCUT2D eigenvalue weighted by Crippen LogP contribution is -2.16. The van der Waals surface area contributed by atoms with Crippen LogP contribution < -0.4 is 5.32 Å². The summed E-state index contributed by atoms with van der Waals surface area (Å²) in [5.41, 5.74) is 3.06. The molecule has 1 atom stereocenters. The third-order valence-electron chi connectivity index (χ3n) is 3.27. The second kappa shape index (κ2) is 8.37. The number of amides is 1. The third-order valence-corrected chi connectivity index (χ3v) is 4.27. The van der Waals surface area contributed by atoms with Crippen molar-refractivity contribution < 1.29 is 9.90 Å². The molecule has 0 heterocycles. The molecule has 0 fully saturated rings. The van der Waals surface area contributed by atoms with Crippen molar-refractivity contribution in [3.05, 3.63) is 65.2 Å². The molecule has 2 rings (SSSR count). The normalized spacial score (nSPS) is 11.5. The molecule has 1 amide bonds. The molecular formula is C18H18N2O2S. The molecule has 1 unspecified atom stereocenters. The van der Waals surface area contributed by atoms with Gasteiger partial charge in [0.15, 0.2) is 0 Å². The summed E-state index contributed by atoms with van der Waals surface area (Å²) < 4.78 is 0. The molecule has 4 nitrogen and oxygen atoms in total. The Hall–Kier alpha value is -2.29. The van der Waals surface area contributed by atoms with Crippen LogP contribution in [-0.4, -0.2) is 16.8 Å². The summed E-state index contributed by atoms with van der Waals surface area (Å²) >= 11 is 1.50. The molecule has 5 heteroatoms. The van der Waals surface area contributed by atoms with Gasteiger partial charge < -0.3 is 10.4 Å². The zero-order chi connectivity index (χ0) is 16.7. The van der Waals surface area contributed by atoms with Crippen molar-refractivity contribution in [2.75, 3.05) is 11.1 Å². The second-order valence-electron chi connectivity index (χ2n) is 5.11. The number of hydrogen-bond donors (Lipinski definition) is 2. The quantitative estimate of drug-likeness (QED) is 0.852. The van der Waals surface area contributed by atoms with E-state index >= 15 is 0 Å². The topological polar surface area (TPSA) is 73.1 Å². The Kier molecular flexibility index (Phi) is 6.21. The van der Waals surface area contributed by atoms with Gasteiger partial charge in [0, 0.05) is 17.0 Å². The van der Waals surface area contributed by atoms with Crippen LogP contribution in [0.1, 0.15) is 29.7 Å². The van der Waals surface area contributed by atoms with Gasteiger partial charge in [0.05, 0.1) is 23.5 Å². The predicted octanol–water partition coefficient (Wildman–Crippen LogP) is 3.48. The maximum absolute atomic E-state index is 12.0. The predicted molar refractivity (Wildman–Crippen MR) is 93.0 cm³/mol. The molecule has 118 valence electrons. The fraction of sp³-hybridized carbons (Fsp3) is 0.222. The zero-order valence-corrected chi connectivity index (χ0v) is 13.6. The van der Waals surface area contributed by atoms with Crippen LogP contribution in [0.15, 0.2) is 48.5 Å². The van der Waals surface area contributed by atoms with Crippen LogP contribution in [0, 0.1) is 11.3 Å². The van der Waals surface area contributed by atoms with E-state index in [2.05, 4.69) is 11.4 Å². The fourth-order valence-corrected chi connectivity index (χ4v) is 2.89. The van der Waals surface area contributed by atoms with Gasteiger partial charge in [-0.05, 0) is 30.7 Å². The number of thioether (sulfide) groups is 1. The SMILES string of the molecule is CC(O)c1ccccc1NC(=O)CSCc1ccc(C#N)cc1. The molecule has 0 saturated heterocycles. The minimum atomic E-state index is -0.627. The van der Waals surface area contributed by atoms with Crippen molar-refractivity contribution in [3.8, 4) is 6.07 Å². The van der Waals surface area contributed by atoms with Crippen LogP contribution in [0.2, 0.25) is 0 Å². The van der Waals surface area contributed by atoms with Crippen molar-refractivity contribution >= 4 is 23.4 Å². The Balaban J connectivity index is 1.85. The molecular weight excluding hydrogens is 308 g/mol. The maximum atomic E-state index is 12.0. The van der Waals surface area contributed by atoms with Crippen LogP contribution in [0.5, 0.6) is 0 Å². The summed E-state index contributed by atoms with van der Waals surface area (Å²) in [6, 6.07) is 16.6. The van der Waals surface area contributed by atoms with Gasteiger partial charge in [0.25, 0.3) is 0 Å². The summed E-state index contributed by atoms with van der Waals surface area (Å²) in [6.45, 7) is 1.67. The lowest BCUT2D eigenvalue weighted by atomic mass is 10.1. The van der Waals surface area contributed by atoms with Gasteiger partial charge >= 0.3 is 0 Å². The Bertz CT molecular complexity index is 706. The van der Waals surface area contributed by atoms with E-state index in [1.807, 2.05) is 24.3 Å². The van der Waals surface area contributed by atoms with Crippen LogP contribution in [0.25, 0.3) is 0 Å². The van der Waals surface area contributed by atoms with Gasteiger partial charge in [-0.15, -0.1) is 11.8 Å². The van der Waals surface area contributed by atoms with Crippen LogP contribution in [0.3, 0.4) is 0 Å². The van der Waals surface area contributed by atoms with Crippen LogP contribution >= 0.6 is 11.8 Å². The first-order valence-corrected chi connectivity index (χ1v) is 8.39. The summed E-state index contributed by atoms with van der Waals surface area (Å²) in [7, 11) is 0. The number of carbonyl (C=O) groups is 1. The smallest absolute Gasteiger partial charge is 0.234 e. The van der Waals surface area contributed by atoms with Gasteiger partial charge in [-0.2, -0.15) is 5.26 Å². The number of rotatable bonds is 6. The lowest BCUT2D eigenvalue weighted by Gasteiger charge is -2.12. The highest BCUT2D eigenvalue weighted by atomic mass is 32.2. The molecule has 0 bridgehead atoms. The number of nitrogens with one attached hydrogen (secondary N) is 1. The van der Waals surface area contributed by atoms with E-state index in [9.17, 15) is 9.90 Å². The first-order valence-electron chi connectivity index (χ1n) is 7.24. The van der Waals surface area contributed by atoms with Crippen molar-refractivity contribution in [1.82, 2.24) is 0 Å². The monoisotopic (exact) mass is 326 g/mol. The standard InChI is InChI=1S/C18H18N2O2S/c1-13(21)16-4-2-3-5-17(16)20-18(22)12-23-11-15-8-6-14(10-19)7-9-15/h2-9,13,21H,11-12H2,1H3,(H,20,22). The number of anilines is 1. The molecule has 0 saturated carbocycles. The zero-order valence-electron chi connectivity index (χ0n) is 12.8. The Morgan fingerprint density at radius 1 is 1.26 bits per heavy atom. The molecule has 0 aliphatic heterocycles. The molecule has 0 radical (unpaired) electrons. The summed E-state index contributed by atoms with van der Waals surface area (Å²) in [5.74, 6) is 0.933. The van der Waals surface area contributed by atoms with Gasteiger partial charge in [0.2, 0.25) is 5.91 Å². The fourth-order valence-electron chi connectivity index (χ4n) is 2.10. The van der Waals surface area contributed by atoms with E-state index in [0.717, 1.165) is 5.56 Å². The average molecular weight is 326 g/mol. The average Bonchev–Trinajstić information content (AvgIpc) is 2.56. The maximum Gasteiger partial charge on any atom is 0.234 e. The summed E-state index contributed by atoms with van der Waals surface area (Å²) in [5, 5.41) is 21.3. The van der Waals surface area contributed by atoms with Crippen molar-refractivity contribution in [2.24, 2.45) is 0 Å². The Morgan fingerprint density at radius 2 is 1.96 bits per heavy atom. The third kappa shape index (κ3) is 5.13. The molecule has 23 heavy (non-hydrogen) atoms. The van der Waals surface area contributed by atoms with E-state index in [1.54, 1.807) is 31.2 Å². The number of aliphatic hydroxyl groups excluding tert-OH is 1. The van der Waals surface area contributed by atoms with Gasteiger partial charge in [-0.25, -0.2) is 0 Å². The molecule has 0 spiro atoms. The number of carbonyl (C=O) groups excluding carboxylic acids is 1. The summed E-state index contributed by atoms with van der Waals surface area (Å²) in [6.07, 6.45) is -0.627.